The van der Waals surface area contributed by atoms with E-state index in [2.05, 4.69) is 0 Å². The van der Waals surface area contributed by atoms with Gasteiger partial charge in [-0.05, 0) is 11.0 Å². The molecular weight excluding hydrogens is 216 g/mol. The van der Waals surface area contributed by atoms with E-state index in [9.17, 15) is 9.90 Å². The fourth-order valence-electron chi connectivity index (χ4n) is 1.26. The first-order valence-corrected chi connectivity index (χ1v) is 5.77. The highest BCUT2D eigenvalue weighted by molar-refractivity contribution is 5.70. The van der Waals surface area contributed by atoms with Gasteiger partial charge in [-0.3, -0.25) is 4.79 Å². The minimum absolute atomic E-state index is 0.0380. The molecule has 0 amide bonds. The first-order chi connectivity index (χ1) is 7.89. The minimum atomic E-state index is -0.675. The summed E-state index contributed by atoms with van der Waals surface area (Å²) in [6.07, 6.45) is -0.637. The smallest absolute Gasteiger partial charge is 0.308 e. The van der Waals surface area contributed by atoms with Crippen LogP contribution in [0.25, 0.3) is 0 Å². The molecule has 94 valence electrons. The van der Waals surface area contributed by atoms with Gasteiger partial charge in [0.25, 0.3) is 0 Å². The summed E-state index contributed by atoms with van der Waals surface area (Å²) in [4.78, 5) is 11.5. The van der Waals surface area contributed by atoms with Crippen molar-refractivity contribution in [2.24, 2.45) is 5.41 Å². The average molecular weight is 236 g/mol. The van der Waals surface area contributed by atoms with Gasteiger partial charge in [-0.2, -0.15) is 0 Å². The summed E-state index contributed by atoms with van der Waals surface area (Å²) in [5.74, 6) is -0.365. The molecule has 0 bridgehead atoms. The van der Waals surface area contributed by atoms with E-state index in [4.69, 9.17) is 4.74 Å². The van der Waals surface area contributed by atoms with Gasteiger partial charge in [-0.25, -0.2) is 0 Å². The van der Waals surface area contributed by atoms with Gasteiger partial charge in [0.15, 0.2) is 0 Å². The molecule has 1 aromatic rings. The van der Waals surface area contributed by atoms with E-state index in [1.54, 1.807) is 0 Å². The number of carbonyl (C=O) groups is 1. The molecule has 0 aromatic heterocycles. The molecule has 0 radical (unpaired) electrons. The maximum absolute atomic E-state index is 11.5. The largest absolute Gasteiger partial charge is 0.461 e. The maximum Gasteiger partial charge on any atom is 0.308 e. The second-order valence-electron chi connectivity index (χ2n) is 5.23. The van der Waals surface area contributed by atoms with Crippen molar-refractivity contribution in [3.05, 3.63) is 35.9 Å². The molecule has 3 nitrogen and oxygen atoms in total. The Labute approximate surface area is 102 Å². The molecule has 0 aliphatic heterocycles. The summed E-state index contributed by atoms with van der Waals surface area (Å²) in [5, 5.41) is 9.75. The maximum atomic E-state index is 11.5. The van der Waals surface area contributed by atoms with Crippen LogP contribution in [0.1, 0.15) is 32.8 Å². The number of aliphatic hydroxyl groups is 1. The Morgan fingerprint density at radius 2 is 1.88 bits per heavy atom. The molecule has 1 rings (SSSR count). The van der Waals surface area contributed by atoms with Crippen molar-refractivity contribution in [2.75, 3.05) is 0 Å². The Hall–Kier alpha value is -1.35. The highest BCUT2D eigenvalue weighted by Crippen LogP contribution is 2.21. The molecule has 17 heavy (non-hydrogen) atoms. The SMILES string of the molecule is CC(C)(C)[C@@H](O)CC(=O)OCc1ccccc1. The van der Waals surface area contributed by atoms with Crippen molar-refractivity contribution >= 4 is 5.97 Å². The lowest BCUT2D eigenvalue weighted by atomic mass is 9.87. The van der Waals surface area contributed by atoms with E-state index in [-0.39, 0.29) is 24.4 Å². The third-order valence-electron chi connectivity index (χ3n) is 2.60. The number of benzene rings is 1. The van der Waals surface area contributed by atoms with Gasteiger partial charge in [0.2, 0.25) is 0 Å². The van der Waals surface area contributed by atoms with Crippen LogP contribution in [0, 0.1) is 5.41 Å². The number of hydrogen-bond acceptors (Lipinski definition) is 3. The van der Waals surface area contributed by atoms with Crippen LogP contribution in [-0.4, -0.2) is 17.2 Å². The third-order valence-corrected chi connectivity index (χ3v) is 2.60. The Morgan fingerprint density at radius 3 is 2.41 bits per heavy atom. The fourth-order valence-corrected chi connectivity index (χ4v) is 1.26. The van der Waals surface area contributed by atoms with E-state index < -0.39 is 6.10 Å². The molecule has 0 saturated carbocycles. The van der Waals surface area contributed by atoms with Gasteiger partial charge in [0, 0.05) is 0 Å². The lowest BCUT2D eigenvalue weighted by Crippen LogP contribution is -2.29. The van der Waals surface area contributed by atoms with E-state index in [0.717, 1.165) is 5.56 Å². The second-order valence-corrected chi connectivity index (χ2v) is 5.23. The molecule has 0 spiro atoms. The quantitative estimate of drug-likeness (QED) is 0.817. The summed E-state index contributed by atoms with van der Waals surface area (Å²) in [6.45, 7) is 5.93. The molecule has 0 aliphatic rings. The summed E-state index contributed by atoms with van der Waals surface area (Å²) >= 11 is 0. The first-order valence-electron chi connectivity index (χ1n) is 5.77. The van der Waals surface area contributed by atoms with Gasteiger partial charge in [-0.1, -0.05) is 51.1 Å². The zero-order valence-corrected chi connectivity index (χ0v) is 10.6. The van der Waals surface area contributed by atoms with Crippen LogP contribution >= 0.6 is 0 Å². The molecule has 0 fully saturated rings. The van der Waals surface area contributed by atoms with E-state index >= 15 is 0 Å². The normalized spacial score (nSPS) is 13.2. The summed E-state index contributed by atoms with van der Waals surface area (Å²) in [5.41, 5.74) is 0.650. The van der Waals surface area contributed by atoms with E-state index in [1.165, 1.54) is 0 Å². The van der Waals surface area contributed by atoms with Crippen LogP contribution < -0.4 is 0 Å². The van der Waals surface area contributed by atoms with Gasteiger partial charge < -0.3 is 9.84 Å². The van der Waals surface area contributed by atoms with Crippen LogP contribution in [0.15, 0.2) is 30.3 Å². The Morgan fingerprint density at radius 1 is 1.29 bits per heavy atom. The van der Waals surface area contributed by atoms with Gasteiger partial charge >= 0.3 is 5.97 Å². The second kappa shape index (κ2) is 5.82. The predicted molar refractivity (Wildman–Crippen MR) is 66.3 cm³/mol. The number of aliphatic hydroxyl groups excluding tert-OH is 1. The summed E-state index contributed by atoms with van der Waals surface area (Å²) in [6, 6.07) is 9.50. The van der Waals surface area contributed by atoms with Crippen LogP contribution in [0.3, 0.4) is 0 Å². The molecule has 0 unspecified atom stereocenters. The first kappa shape index (κ1) is 13.7. The van der Waals surface area contributed by atoms with Crippen molar-refractivity contribution in [1.29, 1.82) is 0 Å². The highest BCUT2D eigenvalue weighted by atomic mass is 16.5. The van der Waals surface area contributed by atoms with Crippen molar-refractivity contribution in [2.45, 2.75) is 39.9 Å². The Bertz CT molecular complexity index is 351. The molecular formula is C14H20O3. The summed E-state index contributed by atoms with van der Waals surface area (Å²) in [7, 11) is 0. The Balaban J connectivity index is 2.36. The lowest BCUT2D eigenvalue weighted by molar-refractivity contribution is -0.148. The Kier molecular flexibility index (Phi) is 4.70. The molecule has 1 N–H and O–H groups in total. The van der Waals surface area contributed by atoms with Crippen molar-refractivity contribution in [1.82, 2.24) is 0 Å². The van der Waals surface area contributed by atoms with Crippen LogP contribution in [0.4, 0.5) is 0 Å². The monoisotopic (exact) mass is 236 g/mol. The van der Waals surface area contributed by atoms with Crippen molar-refractivity contribution in [3.63, 3.8) is 0 Å². The molecule has 1 atom stereocenters. The standard InChI is InChI=1S/C14H20O3/c1-14(2,3)12(15)9-13(16)17-10-11-7-5-4-6-8-11/h4-8,12,15H,9-10H2,1-3H3/t12-/m0/s1. The van der Waals surface area contributed by atoms with Crippen LogP contribution in [0.2, 0.25) is 0 Å². The highest BCUT2D eigenvalue weighted by Gasteiger charge is 2.25. The number of rotatable bonds is 4. The molecule has 0 heterocycles. The summed E-state index contributed by atoms with van der Waals surface area (Å²) < 4.78 is 5.09. The number of ether oxygens (including phenoxy) is 1. The van der Waals surface area contributed by atoms with Gasteiger partial charge in [0.05, 0.1) is 12.5 Å². The van der Waals surface area contributed by atoms with Crippen LogP contribution in [0.5, 0.6) is 0 Å². The minimum Gasteiger partial charge on any atom is -0.461 e. The lowest BCUT2D eigenvalue weighted by Gasteiger charge is -2.24. The van der Waals surface area contributed by atoms with E-state index in [1.807, 2.05) is 51.1 Å². The number of hydrogen-bond donors (Lipinski definition) is 1. The van der Waals surface area contributed by atoms with E-state index in [0.29, 0.717) is 0 Å². The fraction of sp³-hybridized carbons (Fsp3) is 0.500. The van der Waals surface area contributed by atoms with Crippen molar-refractivity contribution in [3.8, 4) is 0 Å². The topological polar surface area (TPSA) is 46.5 Å². The molecule has 0 aliphatic carbocycles. The number of esters is 1. The zero-order chi connectivity index (χ0) is 12.9. The molecule has 0 saturated heterocycles. The number of carbonyl (C=O) groups excluding carboxylic acids is 1. The third kappa shape index (κ3) is 5.00. The molecule has 1 aromatic carbocycles. The average Bonchev–Trinajstić information content (AvgIpc) is 2.26. The van der Waals surface area contributed by atoms with Crippen LogP contribution in [-0.2, 0) is 16.1 Å². The predicted octanol–water partition coefficient (Wildman–Crippen LogP) is 2.53. The van der Waals surface area contributed by atoms with Gasteiger partial charge in [-0.15, -0.1) is 0 Å². The zero-order valence-electron chi connectivity index (χ0n) is 10.6. The van der Waals surface area contributed by atoms with Crippen molar-refractivity contribution < 1.29 is 14.6 Å². The van der Waals surface area contributed by atoms with Gasteiger partial charge in [0.1, 0.15) is 6.61 Å². The molecule has 3 heteroatoms.